The van der Waals surface area contributed by atoms with Crippen molar-refractivity contribution in [1.82, 2.24) is 9.29 Å². The molecule has 1 aromatic carbocycles. The summed E-state index contributed by atoms with van der Waals surface area (Å²) >= 11 is 3.49. The van der Waals surface area contributed by atoms with Gasteiger partial charge in [-0.05, 0) is 52.7 Å². The van der Waals surface area contributed by atoms with Crippen LogP contribution in [0.25, 0.3) is 0 Å². The number of pyridine rings is 1. The van der Waals surface area contributed by atoms with Crippen molar-refractivity contribution in [1.29, 1.82) is 0 Å². The van der Waals surface area contributed by atoms with Crippen LogP contribution in [-0.2, 0) is 10.2 Å². The summed E-state index contributed by atoms with van der Waals surface area (Å²) in [5, 5.41) is 3.22. The number of halogens is 1. The summed E-state index contributed by atoms with van der Waals surface area (Å²) in [4.78, 5) is 4.09. The first-order valence-corrected chi connectivity index (χ1v) is 8.71. The van der Waals surface area contributed by atoms with Crippen LogP contribution in [0.15, 0.2) is 41.0 Å². The van der Waals surface area contributed by atoms with Gasteiger partial charge in [-0.2, -0.15) is 12.7 Å². The number of benzene rings is 1. The van der Waals surface area contributed by atoms with Gasteiger partial charge in [-0.25, -0.2) is 4.98 Å². The third-order valence-corrected chi connectivity index (χ3v) is 4.97. The maximum Gasteiger partial charge on any atom is 0.302 e. The minimum Gasteiger partial charge on any atom is -0.353 e. The molecule has 0 aliphatic heterocycles. The van der Waals surface area contributed by atoms with Gasteiger partial charge in [0.15, 0.2) is 0 Å². The zero-order chi connectivity index (χ0) is 16.3. The molecule has 8 heteroatoms. The zero-order valence-electron chi connectivity index (χ0n) is 12.5. The lowest BCUT2D eigenvalue weighted by Crippen LogP contribution is -2.29. The zero-order valence-corrected chi connectivity index (χ0v) is 14.9. The Bertz CT molecular complexity index is 761. The Morgan fingerprint density at radius 1 is 1.18 bits per heavy atom. The molecule has 0 aliphatic rings. The van der Waals surface area contributed by atoms with Crippen LogP contribution in [0, 0.1) is 6.92 Å². The summed E-state index contributed by atoms with van der Waals surface area (Å²) in [6.45, 7) is 2.02. The number of hydrogen-bond donors (Lipinski definition) is 2. The normalized spacial score (nSPS) is 11.5. The van der Waals surface area contributed by atoms with Crippen LogP contribution in [0.3, 0.4) is 0 Å². The van der Waals surface area contributed by atoms with Gasteiger partial charge in [-0.3, -0.25) is 4.72 Å². The average molecular weight is 385 g/mol. The molecule has 118 valence electrons. The summed E-state index contributed by atoms with van der Waals surface area (Å²) in [7, 11) is -0.638. The molecule has 0 fully saturated rings. The Kier molecular flexibility index (Phi) is 5.05. The SMILES string of the molecule is Cc1ccc(Nc2ccc(NS(=O)(=O)N(C)C)nc2)c(Br)c1. The van der Waals surface area contributed by atoms with Gasteiger partial charge in [0.25, 0.3) is 0 Å². The van der Waals surface area contributed by atoms with Gasteiger partial charge in [0.05, 0.1) is 17.6 Å². The summed E-state index contributed by atoms with van der Waals surface area (Å²) in [6, 6.07) is 9.33. The topological polar surface area (TPSA) is 74.3 Å². The molecular weight excluding hydrogens is 368 g/mol. The Labute approximate surface area is 138 Å². The van der Waals surface area contributed by atoms with Crippen LogP contribution in [0.1, 0.15) is 5.56 Å². The number of anilines is 3. The molecule has 2 rings (SSSR count). The Balaban J connectivity index is 2.12. The Morgan fingerprint density at radius 3 is 2.45 bits per heavy atom. The summed E-state index contributed by atoms with van der Waals surface area (Å²) in [6.07, 6.45) is 1.57. The van der Waals surface area contributed by atoms with E-state index in [-0.39, 0.29) is 5.82 Å². The second kappa shape index (κ2) is 6.64. The number of rotatable bonds is 5. The Hall–Kier alpha value is -1.64. The second-order valence-electron chi connectivity index (χ2n) is 4.93. The quantitative estimate of drug-likeness (QED) is 0.830. The first kappa shape index (κ1) is 16.7. The minimum absolute atomic E-state index is 0.266. The van der Waals surface area contributed by atoms with E-state index in [1.165, 1.54) is 14.1 Å². The van der Waals surface area contributed by atoms with Crippen molar-refractivity contribution >= 4 is 43.3 Å². The third-order valence-electron chi connectivity index (χ3n) is 2.88. The maximum absolute atomic E-state index is 11.7. The van der Waals surface area contributed by atoms with E-state index in [0.717, 1.165) is 25.7 Å². The highest BCUT2D eigenvalue weighted by atomic mass is 79.9. The highest BCUT2D eigenvalue weighted by Crippen LogP contribution is 2.26. The number of nitrogens with one attached hydrogen (secondary N) is 2. The van der Waals surface area contributed by atoms with Crippen molar-refractivity contribution in [2.75, 3.05) is 24.1 Å². The van der Waals surface area contributed by atoms with Gasteiger partial charge in [0.2, 0.25) is 0 Å². The molecule has 0 radical (unpaired) electrons. The van der Waals surface area contributed by atoms with E-state index in [1.54, 1.807) is 18.3 Å². The van der Waals surface area contributed by atoms with E-state index in [9.17, 15) is 8.42 Å². The standard InChI is InChI=1S/C14H17BrN4O2S/c1-10-4-6-13(12(15)8-10)17-11-5-7-14(16-9-11)18-22(20,21)19(2)3/h4-9,17H,1-3H3,(H,16,18). The predicted molar refractivity (Wildman–Crippen MR) is 92.6 cm³/mol. The summed E-state index contributed by atoms with van der Waals surface area (Å²) in [5.41, 5.74) is 2.83. The fraction of sp³-hybridized carbons (Fsp3) is 0.214. The van der Waals surface area contributed by atoms with Crippen molar-refractivity contribution in [2.24, 2.45) is 0 Å². The van der Waals surface area contributed by atoms with Crippen LogP contribution >= 0.6 is 15.9 Å². The first-order valence-electron chi connectivity index (χ1n) is 6.47. The predicted octanol–water partition coefficient (Wildman–Crippen LogP) is 3.11. The molecule has 2 N–H and O–H groups in total. The first-order chi connectivity index (χ1) is 10.3. The number of nitrogens with zero attached hydrogens (tertiary/aromatic N) is 2. The molecule has 1 heterocycles. The van der Waals surface area contributed by atoms with E-state index in [0.29, 0.717) is 0 Å². The largest absolute Gasteiger partial charge is 0.353 e. The van der Waals surface area contributed by atoms with Gasteiger partial charge in [-0.1, -0.05) is 6.07 Å². The Morgan fingerprint density at radius 2 is 1.91 bits per heavy atom. The van der Waals surface area contributed by atoms with Gasteiger partial charge < -0.3 is 5.32 Å². The van der Waals surface area contributed by atoms with Gasteiger partial charge in [0, 0.05) is 18.6 Å². The molecule has 0 bridgehead atoms. The van der Waals surface area contributed by atoms with E-state index in [2.05, 4.69) is 31.0 Å². The van der Waals surface area contributed by atoms with Gasteiger partial charge in [-0.15, -0.1) is 0 Å². The average Bonchev–Trinajstić information content (AvgIpc) is 2.43. The smallest absolute Gasteiger partial charge is 0.302 e. The van der Waals surface area contributed by atoms with Crippen LogP contribution in [0.4, 0.5) is 17.2 Å². The van der Waals surface area contributed by atoms with Crippen molar-refractivity contribution in [3.8, 4) is 0 Å². The van der Waals surface area contributed by atoms with E-state index >= 15 is 0 Å². The lowest BCUT2D eigenvalue weighted by Gasteiger charge is -2.13. The minimum atomic E-state index is -3.54. The molecule has 0 amide bonds. The van der Waals surface area contributed by atoms with Gasteiger partial charge in [0.1, 0.15) is 5.82 Å². The monoisotopic (exact) mass is 384 g/mol. The molecular formula is C14H17BrN4O2S. The van der Waals surface area contributed by atoms with Gasteiger partial charge >= 0.3 is 10.2 Å². The van der Waals surface area contributed by atoms with Crippen LogP contribution in [0.2, 0.25) is 0 Å². The molecule has 0 aliphatic carbocycles. The summed E-state index contributed by atoms with van der Waals surface area (Å²) < 4.78 is 27.8. The lowest BCUT2D eigenvalue weighted by molar-refractivity contribution is 0.526. The van der Waals surface area contributed by atoms with Crippen LogP contribution in [0.5, 0.6) is 0 Å². The van der Waals surface area contributed by atoms with E-state index in [1.807, 2.05) is 25.1 Å². The fourth-order valence-corrected chi connectivity index (χ4v) is 2.79. The molecule has 0 saturated carbocycles. The molecule has 6 nitrogen and oxygen atoms in total. The van der Waals surface area contributed by atoms with Crippen molar-refractivity contribution < 1.29 is 8.42 Å². The van der Waals surface area contributed by atoms with Crippen molar-refractivity contribution in [3.05, 3.63) is 46.6 Å². The fourth-order valence-electron chi connectivity index (χ4n) is 1.63. The highest BCUT2D eigenvalue weighted by molar-refractivity contribution is 9.10. The van der Waals surface area contributed by atoms with Crippen LogP contribution in [-0.4, -0.2) is 31.8 Å². The molecule has 2 aromatic rings. The van der Waals surface area contributed by atoms with E-state index < -0.39 is 10.2 Å². The number of hydrogen-bond acceptors (Lipinski definition) is 4. The maximum atomic E-state index is 11.7. The third kappa shape index (κ3) is 4.19. The van der Waals surface area contributed by atoms with Crippen molar-refractivity contribution in [2.45, 2.75) is 6.92 Å². The molecule has 1 aromatic heterocycles. The summed E-state index contributed by atoms with van der Waals surface area (Å²) in [5.74, 6) is 0.266. The number of aryl methyl sites for hydroxylation is 1. The molecule has 0 saturated heterocycles. The molecule has 0 atom stereocenters. The van der Waals surface area contributed by atoms with E-state index in [4.69, 9.17) is 0 Å². The number of aromatic nitrogens is 1. The highest BCUT2D eigenvalue weighted by Gasteiger charge is 2.13. The lowest BCUT2D eigenvalue weighted by atomic mass is 10.2. The second-order valence-corrected chi connectivity index (χ2v) is 7.67. The molecule has 0 unspecified atom stereocenters. The molecule has 0 spiro atoms. The molecule has 22 heavy (non-hydrogen) atoms. The van der Waals surface area contributed by atoms with Crippen LogP contribution < -0.4 is 10.0 Å². The van der Waals surface area contributed by atoms with Crippen molar-refractivity contribution in [3.63, 3.8) is 0 Å².